The molecule has 88 valence electrons. The van der Waals surface area contributed by atoms with Crippen molar-refractivity contribution >= 4 is 28.9 Å². The maximum Gasteiger partial charge on any atom is 0.152 e. The van der Waals surface area contributed by atoms with Gasteiger partial charge in [-0.25, -0.2) is 0 Å². The van der Waals surface area contributed by atoms with Crippen LogP contribution in [0.5, 0.6) is 5.75 Å². The minimum Gasteiger partial charge on any atom is -0.505 e. The van der Waals surface area contributed by atoms with Crippen molar-refractivity contribution in [1.29, 1.82) is 0 Å². The second-order valence-corrected chi connectivity index (χ2v) is 5.36. The van der Waals surface area contributed by atoms with Crippen LogP contribution in [0, 0.1) is 5.92 Å². The van der Waals surface area contributed by atoms with Crippen molar-refractivity contribution in [3.05, 3.63) is 22.2 Å². The second-order valence-electron chi connectivity index (χ2n) is 4.55. The number of phenolic OH excluding ortho intramolecular Hbond substituents is 1. The summed E-state index contributed by atoms with van der Waals surface area (Å²) >= 11 is 11.7. The Morgan fingerprint density at radius 1 is 1.25 bits per heavy atom. The summed E-state index contributed by atoms with van der Waals surface area (Å²) < 4.78 is 0. The molecule has 1 aromatic carbocycles. The van der Waals surface area contributed by atoms with E-state index in [1.807, 2.05) is 0 Å². The predicted octanol–water partition coefficient (Wildman–Crippen LogP) is 4.30. The number of benzene rings is 1. The van der Waals surface area contributed by atoms with E-state index in [-0.39, 0.29) is 5.75 Å². The molecule has 0 radical (unpaired) electrons. The van der Waals surface area contributed by atoms with E-state index in [9.17, 15) is 5.11 Å². The molecule has 0 bridgehead atoms. The fourth-order valence-electron chi connectivity index (χ4n) is 2.22. The fraction of sp³-hybridized carbons (Fsp3) is 0.500. The van der Waals surface area contributed by atoms with E-state index in [0.717, 1.165) is 11.6 Å². The lowest BCUT2D eigenvalue weighted by Crippen LogP contribution is -2.15. The molecule has 0 amide bonds. The van der Waals surface area contributed by atoms with E-state index < -0.39 is 0 Å². The molecule has 2 unspecified atom stereocenters. The van der Waals surface area contributed by atoms with Crippen molar-refractivity contribution in [1.82, 2.24) is 0 Å². The minimum absolute atomic E-state index is 0.0475. The zero-order valence-electron chi connectivity index (χ0n) is 9.13. The van der Waals surface area contributed by atoms with Crippen molar-refractivity contribution in [2.24, 2.45) is 5.92 Å². The van der Waals surface area contributed by atoms with E-state index in [4.69, 9.17) is 23.2 Å². The van der Waals surface area contributed by atoms with Crippen LogP contribution in [0.25, 0.3) is 0 Å². The smallest absolute Gasteiger partial charge is 0.152 e. The number of rotatable bonds is 2. The van der Waals surface area contributed by atoms with Gasteiger partial charge < -0.3 is 10.4 Å². The van der Waals surface area contributed by atoms with Crippen LogP contribution in [-0.4, -0.2) is 11.1 Å². The monoisotopic (exact) mass is 259 g/mol. The molecular formula is C12H15Cl2NO. The Morgan fingerprint density at radius 3 is 2.38 bits per heavy atom. The maximum absolute atomic E-state index is 9.44. The molecular weight excluding hydrogens is 245 g/mol. The molecule has 0 aromatic heterocycles. The van der Waals surface area contributed by atoms with Gasteiger partial charge in [-0.15, -0.1) is 0 Å². The molecule has 16 heavy (non-hydrogen) atoms. The number of halogens is 2. The van der Waals surface area contributed by atoms with Crippen LogP contribution in [0.4, 0.5) is 5.69 Å². The van der Waals surface area contributed by atoms with Crippen molar-refractivity contribution in [3.63, 3.8) is 0 Å². The Morgan fingerprint density at radius 2 is 1.88 bits per heavy atom. The lowest BCUT2D eigenvalue weighted by atomic mass is 10.1. The minimum atomic E-state index is -0.0475. The average Bonchev–Trinajstić information content (AvgIpc) is 2.60. The number of hydrogen-bond donors (Lipinski definition) is 2. The first-order chi connectivity index (χ1) is 7.56. The van der Waals surface area contributed by atoms with Crippen LogP contribution < -0.4 is 5.32 Å². The summed E-state index contributed by atoms with van der Waals surface area (Å²) in [5, 5.41) is 13.4. The van der Waals surface area contributed by atoms with Crippen molar-refractivity contribution in [3.8, 4) is 5.75 Å². The molecule has 1 aromatic rings. The molecule has 0 saturated heterocycles. The molecule has 4 heteroatoms. The molecule has 2 atom stereocenters. The number of nitrogens with one attached hydrogen (secondary N) is 1. The van der Waals surface area contributed by atoms with Gasteiger partial charge in [0.1, 0.15) is 0 Å². The van der Waals surface area contributed by atoms with Gasteiger partial charge >= 0.3 is 0 Å². The molecule has 0 spiro atoms. The van der Waals surface area contributed by atoms with Gasteiger partial charge in [0.15, 0.2) is 5.75 Å². The average molecular weight is 260 g/mol. The Balaban J connectivity index is 2.10. The van der Waals surface area contributed by atoms with Crippen LogP contribution in [0.3, 0.4) is 0 Å². The lowest BCUT2D eigenvalue weighted by molar-refractivity contribution is 0.476. The van der Waals surface area contributed by atoms with E-state index >= 15 is 0 Å². The molecule has 1 saturated carbocycles. The van der Waals surface area contributed by atoms with E-state index in [2.05, 4.69) is 12.2 Å². The summed E-state index contributed by atoms with van der Waals surface area (Å²) in [5.74, 6) is 0.731. The highest BCUT2D eigenvalue weighted by atomic mass is 35.5. The molecule has 1 fully saturated rings. The number of hydrogen-bond acceptors (Lipinski definition) is 2. The number of phenols is 1. The quantitative estimate of drug-likeness (QED) is 0.777. The Kier molecular flexibility index (Phi) is 3.50. The first-order valence-corrected chi connectivity index (χ1v) is 6.26. The van der Waals surface area contributed by atoms with Crippen LogP contribution in [0.15, 0.2) is 12.1 Å². The predicted molar refractivity (Wildman–Crippen MR) is 68.6 cm³/mol. The van der Waals surface area contributed by atoms with Gasteiger partial charge in [-0.3, -0.25) is 0 Å². The van der Waals surface area contributed by atoms with Gasteiger partial charge in [0.05, 0.1) is 10.0 Å². The Labute approximate surface area is 106 Å². The second kappa shape index (κ2) is 4.72. The third-order valence-corrected chi connectivity index (χ3v) is 3.66. The summed E-state index contributed by atoms with van der Waals surface area (Å²) in [6.45, 7) is 2.26. The van der Waals surface area contributed by atoms with Gasteiger partial charge in [-0.05, 0) is 37.3 Å². The van der Waals surface area contributed by atoms with Gasteiger partial charge in [0.2, 0.25) is 0 Å². The molecule has 0 aliphatic heterocycles. The van der Waals surface area contributed by atoms with Gasteiger partial charge in [-0.2, -0.15) is 0 Å². The molecule has 1 aliphatic rings. The Hall–Kier alpha value is -0.600. The highest BCUT2D eigenvalue weighted by molar-refractivity contribution is 6.37. The summed E-state index contributed by atoms with van der Waals surface area (Å²) in [5.41, 5.74) is 0.881. The van der Waals surface area contributed by atoms with E-state index in [1.54, 1.807) is 12.1 Å². The maximum atomic E-state index is 9.44. The number of aromatic hydroxyl groups is 1. The number of anilines is 1. The molecule has 2 rings (SSSR count). The first-order valence-electron chi connectivity index (χ1n) is 5.51. The highest BCUT2D eigenvalue weighted by Crippen LogP contribution is 2.36. The van der Waals surface area contributed by atoms with Crippen LogP contribution in [0.1, 0.15) is 26.2 Å². The third kappa shape index (κ3) is 2.55. The molecule has 2 nitrogen and oxygen atoms in total. The summed E-state index contributed by atoms with van der Waals surface area (Å²) in [6.07, 6.45) is 3.62. The molecule has 1 aliphatic carbocycles. The fourth-order valence-corrected chi connectivity index (χ4v) is 2.71. The van der Waals surface area contributed by atoms with Crippen LogP contribution in [-0.2, 0) is 0 Å². The third-order valence-electron chi connectivity index (χ3n) is 3.08. The lowest BCUT2D eigenvalue weighted by Gasteiger charge is -2.15. The van der Waals surface area contributed by atoms with Crippen LogP contribution in [0.2, 0.25) is 10.0 Å². The Bertz CT molecular complexity index is 372. The topological polar surface area (TPSA) is 32.3 Å². The SMILES string of the molecule is CC1CCC(Nc2cc(Cl)c(O)c(Cl)c2)C1. The van der Waals surface area contributed by atoms with Gasteiger partial charge in [0.25, 0.3) is 0 Å². The summed E-state index contributed by atoms with van der Waals surface area (Å²) in [4.78, 5) is 0. The summed E-state index contributed by atoms with van der Waals surface area (Å²) in [7, 11) is 0. The van der Waals surface area contributed by atoms with Gasteiger partial charge in [-0.1, -0.05) is 30.1 Å². The van der Waals surface area contributed by atoms with E-state index in [1.165, 1.54) is 19.3 Å². The van der Waals surface area contributed by atoms with Crippen molar-refractivity contribution < 1.29 is 5.11 Å². The van der Waals surface area contributed by atoms with Crippen LogP contribution >= 0.6 is 23.2 Å². The standard InChI is InChI=1S/C12H15Cl2NO/c1-7-2-3-8(4-7)15-9-5-10(13)12(16)11(14)6-9/h5-8,15-16H,2-4H2,1H3. The first kappa shape index (κ1) is 11.9. The zero-order valence-corrected chi connectivity index (χ0v) is 10.6. The normalized spacial score (nSPS) is 24.7. The van der Waals surface area contributed by atoms with Crippen molar-refractivity contribution in [2.45, 2.75) is 32.2 Å². The molecule has 0 heterocycles. The summed E-state index contributed by atoms with van der Waals surface area (Å²) in [6, 6.07) is 3.92. The van der Waals surface area contributed by atoms with Crippen molar-refractivity contribution in [2.75, 3.05) is 5.32 Å². The van der Waals surface area contributed by atoms with E-state index in [0.29, 0.717) is 16.1 Å². The zero-order chi connectivity index (χ0) is 11.7. The highest BCUT2D eigenvalue weighted by Gasteiger charge is 2.21. The van der Waals surface area contributed by atoms with Gasteiger partial charge in [0, 0.05) is 11.7 Å². The molecule has 2 N–H and O–H groups in total. The largest absolute Gasteiger partial charge is 0.505 e.